The second kappa shape index (κ2) is 5.95. The first-order valence-corrected chi connectivity index (χ1v) is 5.17. The summed E-state index contributed by atoms with van der Waals surface area (Å²) >= 11 is 0. The average Bonchev–Trinajstić information content (AvgIpc) is 2.25. The van der Waals surface area contributed by atoms with Crippen LogP contribution in [0.4, 0.5) is 0 Å². The molecular weight excluding hydrogens is 208 g/mol. The normalized spacial score (nSPS) is 10.2. The molecule has 0 aliphatic carbocycles. The fourth-order valence-electron chi connectivity index (χ4n) is 1.03. The predicted octanol–water partition coefficient (Wildman–Crippen LogP) is 0.526. The summed E-state index contributed by atoms with van der Waals surface area (Å²) in [4.78, 5) is 24.9. The summed E-state index contributed by atoms with van der Waals surface area (Å²) < 4.78 is 5.08. The van der Waals surface area contributed by atoms with Gasteiger partial charge in [-0.15, -0.1) is 0 Å². The van der Waals surface area contributed by atoms with E-state index >= 15 is 0 Å². The molecule has 0 saturated heterocycles. The highest BCUT2D eigenvalue weighted by atomic mass is 16.5. The van der Waals surface area contributed by atoms with Crippen LogP contribution in [0.5, 0.6) is 5.75 Å². The molecule has 0 radical (unpaired) electrons. The molecule has 5 heteroatoms. The second-order valence-electron chi connectivity index (χ2n) is 3.85. The molecule has 0 saturated carbocycles. The van der Waals surface area contributed by atoms with Crippen LogP contribution in [0.25, 0.3) is 0 Å². The van der Waals surface area contributed by atoms with E-state index in [1.807, 2.05) is 13.8 Å². The zero-order valence-electron chi connectivity index (χ0n) is 9.45. The van der Waals surface area contributed by atoms with Gasteiger partial charge in [0.25, 0.3) is 11.5 Å². The Morgan fingerprint density at radius 3 is 2.94 bits per heavy atom. The summed E-state index contributed by atoms with van der Waals surface area (Å²) in [5, 5.41) is 2.70. The molecular formula is C11H16N2O3. The summed E-state index contributed by atoms with van der Waals surface area (Å²) in [5.41, 5.74) is -0.334. The molecule has 0 fully saturated rings. The fourth-order valence-corrected chi connectivity index (χ4v) is 1.03. The van der Waals surface area contributed by atoms with Crippen LogP contribution in [0.3, 0.4) is 0 Å². The Kier molecular flexibility index (Phi) is 4.57. The number of amides is 1. The highest BCUT2D eigenvalue weighted by Gasteiger charge is 2.05. The monoisotopic (exact) mass is 224 g/mol. The van der Waals surface area contributed by atoms with E-state index in [-0.39, 0.29) is 23.8 Å². The third kappa shape index (κ3) is 4.16. The zero-order valence-corrected chi connectivity index (χ0v) is 9.45. The Bertz CT molecular complexity index is 398. The van der Waals surface area contributed by atoms with Crippen LogP contribution >= 0.6 is 0 Å². The molecule has 88 valence electrons. The van der Waals surface area contributed by atoms with E-state index in [4.69, 9.17) is 4.74 Å². The van der Waals surface area contributed by atoms with Crippen molar-refractivity contribution >= 4 is 5.91 Å². The van der Waals surface area contributed by atoms with Crippen molar-refractivity contribution in [2.75, 3.05) is 13.2 Å². The van der Waals surface area contributed by atoms with E-state index in [0.717, 1.165) is 0 Å². The molecule has 5 nitrogen and oxygen atoms in total. The highest BCUT2D eigenvalue weighted by molar-refractivity contribution is 5.77. The summed E-state index contributed by atoms with van der Waals surface area (Å²) in [6.07, 6.45) is 1.51. The Hall–Kier alpha value is -1.78. The average molecular weight is 224 g/mol. The van der Waals surface area contributed by atoms with Gasteiger partial charge in [-0.3, -0.25) is 9.59 Å². The van der Waals surface area contributed by atoms with Crippen molar-refractivity contribution < 1.29 is 9.53 Å². The van der Waals surface area contributed by atoms with Crippen molar-refractivity contribution in [2.24, 2.45) is 5.92 Å². The van der Waals surface area contributed by atoms with Crippen LogP contribution in [-0.4, -0.2) is 24.0 Å². The van der Waals surface area contributed by atoms with Gasteiger partial charge in [0.2, 0.25) is 0 Å². The molecule has 0 aliphatic rings. The third-order valence-corrected chi connectivity index (χ3v) is 1.85. The van der Waals surface area contributed by atoms with Crippen molar-refractivity contribution in [3.8, 4) is 5.75 Å². The topological polar surface area (TPSA) is 71.2 Å². The molecule has 0 atom stereocenters. The number of carbonyl (C=O) groups is 1. The molecule has 2 N–H and O–H groups in total. The lowest BCUT2D eigenvalue weighted by molar-refractivity contribution is -0.123. The minimum Gasteiger partial charge on any atom is -0.478 e. The first-order valence-electron chi connectivity index (χ1n) is 5.17. The minimum atomic E-state index is -0.334. The second-order valence-corrected chi connectivity index (χ2v) is 3.85. The smallest absolute Gasteiger partial charge is 0.290 e. The molecule has 16 heavy (non-hydrogen) atoms. The quantitative estimate of drug-likeness (QED) is 0.766. The van der Waals surface area contributed by atoms with Gasteiger partial charge in [-0.1, -0.05) is 13.8 Å². The lowest BCUT2D eigenvalue weighted by atomic mass is 10.2. The number of hydrogen-bond donors (Lipinski definition) is 2. The number of hydrogen-bond acceptors (Lipinski definition) is 3. The van der Waals surface area contributed by atoms with E-state index in [2.05, 4.69) is 10.3 Å². The van der Waals surface area contributed by atoms with Crippen LogP contribution < -0.4 is 15.6 Å². The van der Waals surface area contributed by atoms with Gasteiger partial charge in [-0.2, -0.15) is 0 Å². The van der Waals surface area contributed by atoms with Crippen molar-refractivity contribution in [1.29, 1.82) is 0 Å². The molecule has 1 aromatic rings. The van der Waals surface area contributed by atoms with Crippen LogP contribution in [0.15, 0.2) is 23.1 Å². The molecule has 0 aliphatic heterocycles. The summed E-state index contributed by atoms with van der Waals surface area (Å²) in [7, 11) is 0. The van der Waals surface area contributed by atoms with Gasteiger partial charge in [0.15, 0.2) is 12.4 Å². The number of nitrogens with one attached hydrogen (secondary N) is 2. The number of rotatable bonds is 5. The Morgan fingerprint density at radius 1 is 1.56 bits per heavy atom. The lowest BCUT2D eigenvalue weighted by Crippen LogP contribution is -2.32. The molecule has 0 unspecified atom stereocenters. The fraction of sp³-hybridized carbons (Fsp3) is 0.455. The van der Waals surface area contributed by atoms with Crippen LogP contribution in [0.1, 0.15) is 13.8 Å². The summed E-state index contributed by atoms with van der Waals surface area (Å²) in [5.74, 6) is 0.322. The minimum absolute atomic E-state index is 0.139. The molecule has 1 aromatic heterocycles. The Morgan fingerprint density at radius 2 is 2.31 bits per heavy atom. The maximum absolute atomic E-state index is 11.3. The summed E-state index contributed by atoms with van der Waals surface area (Å²) in [6.45, 7) is 4.47. The number of pyridine rings is 1. The number of H-pyrrole nitrogens is 1. The van der Waals surface area contributed by atoms with Crippen LogP contribution in [0, 0.1) is 5.92 Å². The number of aromatic amines is 1. The van der Waals surface area contributed by atoms with Crippen molar-refractivity contribution in [1.82, 2.24) is 10.3 Å². The first kappa shape index (κ1) is 12.3. The SMILES string of the molecule is CC(C)CNC(=O)COc1ccc[nH]c1=O. The number of carbonyl (C=O) groups excluding carboxylic acids is 1. The zero-order chi connectivity index (χ0) is 12.0. The molecule has 0 aromatic carbocycles. The van der Waals surface area contributed by atoms with Gasteiger partial charge in [0.05, 0.1) is 0 Å². The molecule has 1 heterocycles. The van der Waals surface area contributed by atoms with Gasteiger partial charge in [-0.25, -0.2) is 0 Å². The lowest BCUT2D eigenvalue weighted by Gasteiger charge is -2.08. The first-order chi connectivity index (χ1) is 7.59. The Labute approximate surface area is 93.8 Å². The van der Waals surface area contributed by atoms with E-state index in [9.17, 15) is 9.59 Å². The van der Waals surface area contributed by atoms with E-state index in [0.29, 0.717) is 12.5 Å². The molecule has 0 spiro atoms. The van der Waals surface area contributed by atoms with Gasteiger partial charge >= 0.3 is 0 Å². The number of ether oxygens (including phenoxy) is 1. The van der Waals surface area contributed by atoms with Crippen molar-refractivity contribution in [2.45, 2.75) is 13.8 Å². The molecule has 1 amide bonds. The van der Waals surface area contributed by atoms with Gasteiger partial charge in [-0.05, 0) is 18.1 Å². The van der Waals surface area contributed by atoms with Crippen LogP contribution in [-0.2, 0) is 4.79 Å². The summed E-state index contributed by atoms with van der Waals surface area (Å²) in [6, 6.07) is 3.16. The van der Waals surface area contributed by atoms with Crippen molar-refractivity contribution in [3.05, 3.63) is 28.7 Å². The standard InChI is InChI=1S/C11H16N2O3/c1-8(2)6-13-10(14)7-16-9-4-3-5-12-11(9)15/h3-5,8H,6-7H2,1-2H3,(H,12,15)(H,13,14). The Balaban J connectivity index is 2.38. The largest absolute Gasteiger partial charge is 0.478 e. The highest BCUT2D eigenvalue weighted by Crippen LogP contribution is 1.98. The molecule has 1 rings (SSSR count). The van der Waals surface area contributed by atoms with Crippen molar-refractivity contribution in [3.63, 3.8) is 0 Å². The third-order valence-electron chi connectivity index (χ3n) is 1.85. The van der Waals surface area contributed by atoms with E-state index in [1.54, 1.807) is 6.07 Å². The van der Waals surface area contributed by atoms with E-state index in [1.165, 1.54) is 12.3 Å². The maximum Gasteiger partial charge on any atom is 0.290 e. The predicted molar refractivity (Wildman–Crippen MR) is 60.4 cm³/mol. The van der Waals surface area contributed by atoms with Crippen LogP contribution in [0.2, 0.25) is 0 Å². The maximum atomic E-state index is 11.3. The number of aromatic nitrogens is 1. The van der Waals surface area contributed by atoms with Gasteiger partial charge in [0.1, 0.15) is 0 Å². The van der Waals surface area contributed by atoms with Gasteiger partial charge < -0.3 is 15.0 Å². The molecule has 0 bridgehead atoms. The van der Waals surface area contributed by atoms with E-state index < -0.39 is 0 Å². The van der Waals surface area contributed by atoms with Gasteiger partial charge in [0, 0.05) is 12.7 Å².